The molecule has 2 rings (SSSR count). The average molecular weight is 439 g/mol. The van der Waals surface area contributed by atoms with E-state index in [4.69, 9.17) is 0 Å². The van der Waals surface area contributed by atoms with Crippen LogP contribution in [-0.2, 0) is 10.0 Å². The maximum absolute atomic E-state index is 12.4. The molecule has 1 fully saturated rings. The van der Waals surface area contributed by atoms with Crippen LogP contribution in [0.1, 0.15) is 39.0 Å². The molecule has 1 aromatic rings. The summed E-state index contributed by atoms with van der Waals surface area (Å²) in [7, 11) is -3.44. The largest absolute Gasteiger partial charge is 0.241 e. The first-order valence-electron chi connectivity index (χ1n) is 7.37. The number of hydrogen-bond donors (Lipinski definition) is 1. The van der Waals surface area contributed by atoms with Crippen LogP contribution in [0.25, 0.3) is 0 Å². The first kappa shape index (κ1) is 17.4. The van der Waals surface area contributed by atoms with E-state index in [1.807, 2.05) is 0 Å². The van der Waals surface area contributed by atoms with Crippen LogP contribution in [0.2, 0.25) is 0 Å². The van der Waals surface area contributed by atoms with Crippen molar-refractivity contribution < 1.29 is 8.42 Å². The maximum atomic E-state index is 12.4. The SMILES string of the molecule is CCC1CCC(CNS(=O)(=O)c2ccc(Br)cc2Br)CC1. The second-order valence-corrected chi connectivity index (χ2v) is 9.23. The molecule has 0 aromatic heterocycles. The molecule has 0 spiro atoms. The second-order valence-electron chi connectivity index (χ2n) is 5.72. The van der Waals surface area contributed by atoms with Crippen molar-refractivity contribution >= 4 is 41.9 Å². The van der Waals surface area contributed by atoms with E-state index in [2.05, 4.69) is 43.5 Å². The Hall–Kier alpha value is 0.0900. The zero-order valence-electron chi connectivity index (χ0n) is 12.1. The van der Waals surface area contributed by atoms with Gasteiger partial charge in [-0.15, -0.1) is 0 Å². The summed E-state index contributed by atoms with van der Waals surface area (Å²) in [5.41, 5.74) is 0. The predicted molar refractivity (Wildman–Crippen MR) is 92.8 cm³/mol. The number of nitrogens with one attached hydrogen (secondary N) is 1. The number of rotatable bonds is 5. The molecule has 1 saturated carbocycles. The second kappa shape index (κ2) is 7.57. The molecule has 0 unspecified atom stereocenters. The van der Waals surface area contributed by atoms with Crippen LogP contribution >= 0.6 is 31.9 Å². The fourth-order valence-corrected chi connectivity index (χ4v) is 5.70. The van der Waals surface area contributed by atoms with E-state index in [9.17, 15) is 8.42 Å². The maximum Gasteiger partial charge on any atom is 0.241 e. The van der Waals surface area contributed by atoms with Gasteiger partial charge in [0.25, 0.3) is 0 Å². The van der Waals surface area contributed by atoms with Gasteiger partial charge in [0, 0.05) is 15.5 Å². The van der Waals surface area contributed by atoms with Gasteiger partial charge < -0.3 is 0 Å². The fraction of sp³-hybridized carbons (Fsp3) is 0.600. The molecule has 1 N–H and O–H groups in total. The van der Waals surface area contributed by atoms with Gasteiger partial charge in [-0.25, -0.2) is 13.1 Å². The Morgan fingerprint density at radius 1 is 1.14 bits per heavy atom. The molecule has 1 aliphatic rings. The zero-order valence-corrected chi connectivity index (χ0v) is 16.1. The lowest BCUT2D eigenvalue weighted by Gasteiger charge is -2.27. The highest BCUT2D eigenvalue weighted by atomic mass is 79.9. The van der Waals surface area contributed by atoms with Gasteiger partial charge in [0.2, 0.25) is 10.0 Å². The van der Waals surface area contributed by atoms with Crippen LogP contribution in [-0.4, -0.2) is 15.0 Å². The third-order valence-electron chi connectivity index (χ3n) is 4.29. The van der Waals surface area contributed by atoms with E-state index in [-0.39, 0.29) is 0 Å². The van der Waals surface area contributed by atoms with E-state index >= 15 is 0 Å². The summed E-state index contributed by atoms with van der Waals surface area (Å²) in [6.07, 6.45) is 5.95. The van der Waals surface area contributed by atoms with Crippen molar-refractivity contribution in [3.8, 4) is 0 Å². The van der Waals surface area contributed by atoms with E-state index in [0.29, 0.717) is 21.8 Å². The molecular formula is C15H21Br2NO2S. The first-order valence-corrected chi connectivity index (χ1v) is 10.4. The molecule has 0 aliphatic heterocycles. The van der Waals surface area contributed by atoms with Crippen LogP contribution in [0.15, 0.2) is 32.0 Å². The van der Waals surface area contributed by atoms with Crippen molar-refractivity contribution in [1.29, 1.82) is 0 Å². The van der Waals surface area contributed by atoms with Crippen molar-refractivity contribution in [1.82, 2.24) is 4.72 Å². The van der Waals surface area contributed by atoms with E-state index < -0.39 is 10.0 Å². The van der Waals surface area contributed by atoms with Gasteiger partial charge in [0.05, 0.1) is 4.90 Å². The smallest absolute Gasteiger partial charge is 0.211 e. The van der Waals surface area contributed by atoms with Crippen LogP contribution in [0.5, 0.6) is 0 Å². The first-order chi connectivity index (χ1) is 9.92. The molecule has 1 aliphatic carbocycles. The Labute approximate surface area is 144 Å². The minimum Gasteiger partial charge on any atom is -0.211 e. The summed E-state index contributed by atoms with van der Waals surface area (Å²) in [6.45, 7) is 2.78. The number of halogens is 2. The minimum absolute atomic E-state index is 0.299. The number of hydrogen-bond acceptors (Lipinski definition) is 2. The molecule has 118 valence electrons. The molecule has 0 heterocycles. The standard InChI is InChI=1S/C15H21Br2NO2S/c1-2-11-3-5-12(6-4-11)10-18-21(19,20)15-8-7-13(16)9-14(15)17/h7-9,11-12,18H,2-6,10H2,1H3. The topological polar surface area (TPSA) is 46.2 Å². The quantitative estimate of drug-likeness (QED) is 0.723. The molecule has 3 nitrogen and oxygen atoms in total. The van der Waals surface area contributed by atoms with Crippen molar-refractivity contribution in [2.24, 2.45) is 11.8 Å². The van der Waals surface area contributed by atoms with Crippen LogP contribution in [0, 0.1) is 11.8 Å². The highest BCUT2D eigenvalue weighted by Gasteiger charge is 2.23. The van der Waals surface area contributed by atoms with Gasteiger partial charge in [-0.3, -0.25) is 0 Å². The Kier molecular flexibility index (Phi) is 6.29. The lowest BCUT2D eigenvalue weighted by atomic mass is 9.81. The van der Waals surface area contributed by atoms with Gasteiger partial charge in [-0.1, -0.05) is 42.1 Å². The van der Waals surface area contributed by atoms with Crippen LogP contribution < -0.4 is 4.72 Å². The Morgan fingerprint density at radius 3 is 2.33 bits per heavy atom. The predicted octanol–water partition coefficient (Wildman–Crippen LogP) is 4.71. The highest BCUT2D eigenvalue weighted by Crippen LogP contribution is 2.31. The van der Waals surface area contributed by atoms with Crippen molar-refractivity contribution in [3.63, 3.8) is 0 Å². The molecule has 6 heteroatoms. The number of sulfonamides is 1. The monoisotopic (exact) mass is 437 g/mol. The summed E-state index contributed by atoms with van der Waals surface area (Å²) >= 11 is 6.65. The molecule has 0 amide bonds. The van der Waals surface area contributed by atoms with Gasteiger partial charge in [0.1, 0.15) is 0 Å². The number of benzene rings is 1. The molecule has 1 aromatic carbocycles. The van der Waals surface area contributed by atoms with Gasteiger partial charge in [0.15, 0.2) is 0 Å². The third kappa shape index (κ3) is 4.78. The van der Waals surface area contributed by atoms with Crippen molar-refractivity contribution in [3.05, 3.63) is 27.1 Å². The Bertz CT molecular complexity index is 581. The molecule has 0 saturated heterocycles. The van der Waals surface area contributed by atoms with E-state index in [1.54, 1.807) is 18.2 Å². The summed E-state index contributed by atoms with van der Waals surface area (Å²) in [6, 6.07) is 5.11. The normalized spacial score (nSPS) is 23.2. The molecule has 0 bridgehead atoms. The van der Waals surface area contributed by atoms with Gasteiger partial charge in [-0.2, -0.15) is 0 Å². The molecule has 0 radical (unpaired) electrons. The van der Waals surface area contributed by atoms with E-state index in [0.717, 1.165) is 23.2 Å². The Morgan fingerprint density at radius 2 is 1.76 bits per heavy atom. The highest BCUT2D eigenvalue weighted by molar-refractivity contribution is 9.11. The van der Waals surface area contributed by atoms with Crippen molar-refractivity contribution in [2.45, 2.75) is 43.9 Å². The molecular weight excluding hydrogens is 418 g/mol. The summed E-state index contributed by atoms with van der Waals surface area (Å²) in [5.74, 6) is 1.30. The van der Waals surface area contributed by atoms with Gasteiger partial charge in [-0.05, 0) is 58.8 Å². The van der Waals surface area contributed by atoms with Gasteiger partial charge >= 0.3 is 0 Å². The van der Waals surface area contributed by atoms with Crippen LogP contribution in [0.4, 0.5) is 0 Å². The molecule has 0 atom stereocenters. The lowest BCUT2D eigenvalue weighted by molar-refractivity contribution is 0.270. The van der Waals surface area contributed by atoms with Crippen molar-refractivity contribution in [2.75, 3.05) is 6.54 Å². The third-order valence-corrected chi connectivity index (χ3v) is 7.18. The summed E-state index contributed by atoms with van der Waals surface area (Å²) in [4.78, 5) is 0.299. The Balaban J connectivity index is 1.96. The minimum atomic E-state index is -3.44. The van der Waals surface area contributed by atoms with E-state index in [1.165, 1.54) is 19.3 Å². The van der Waals surface area contributed by atoms with Crippen LogP contribution in [0.3, 0.4) is 0 Å². The zero-order chi connectivity index (χ0) is 15.5. The average Bonchev–Trinajstić information content (AvgIpc) is 2.45. The molecule has 21 heavy (non-hydrogen) atoms. The summed E-state index contributed by atoms with van der Waals surface area (Å²) < 4.78 is 28.9. The summed E-state index contributed by atoms with van der Waals surface area (Å²) in [5, 5.41) is 0. The lowest BCUT2D eigenvalue weighted by Crippen LogP contribution is -2.31. The fourth-order valence-electron chi connectivity index (χ4n) is 2.84.